The van der Waals surface area contributed by atoms with Crippen LogP contribution >= 0.6 is 0 Å². The summed E-state index contributed by atoms with van der Waals surface area (Å²) in [6, 6.07) is 0. The Morgan fingerprint density at radius 1 is 1.53 bits per heavy atom. The third-order valence-corrected chi connectivity index (χ3v) is 4.32. The molecule has 1 rings (SSSR count). The largest absolute Gasteiger partial charge is 0.370 e. The lowest BCUT2D eigenvalue weighted by Gasteiger charge is -2.31. The average molecular weight is 293 g/mol. The highest BCUT2D eigenvalue weighted by Crippen LogP contribution is 2.17. The van der Waals surface area contributed by atoms with Crippen molar-refractivity contribution in [3.63, 3.8) is 0 Å². The number of nitrogens with zero attached hydrogens (tertiary/aromatic N) is 1. The van der Waals surface area contributed by atoms with Crippen molar-refractivity contribution < 1.29 is 17.9 Å². The molecule has 1 unspecified atom stereocenters. The van der Waals surface area contributed by atoms with E-state index in [2.05, 4.69) is 5.32 Å². The zero-order chi connectivity index (χ0) is 14.3. The van der Waals surface area contributed by atoms with Gasteiger partial charge in [0.2, 0.25) is 15.9 Å². The van der Waals surface area contributed by atoms with E-state index >= 15 is 0 Å². The summed E-state index contributed by atoms with van der Waals surface area (Å²) in [6.45, 7) is 2.94. The molecule has 7 nitrogen and oxygen atoms in total. The minimum atomic E-state index is -3.08. The fourth-order valence-electron chi connectivity index (χ4n) is 2.12. The fraction of sp³-hybridized carbons (Fsp3) is 0.909. The Hall–Kier alpha value is -0.700. The van der Waals surface area contributed by atoms with E-state index in [1.165, 1.54) is 10.6 Å². The van der Waals surface area contributed by atoms with Crippen LogP contribution in [-0.4, -0.2) is 64.3 Å². The van der Waals surface area contributed by atoms with Gasteiger partial charge in [0.15, 0.2) is 0 Å². The third kappa shape index (κ3) is 6.86. The molecule has 1 saturated heterocycles. The Morgan fingerprint density at radius 2 is 2.26 bits per heavy atom. The lowest BCUT2D eigenvalue weighted by Crippen LogP contribution is -2.42. The van der Waals surface area contributed by atoms with Crippen LogP contribution in [0.15, 0.2) is 0 Å². The number of ether oxygens (including phenoxy) is 1. The minimum Gasteiger partial charge on any atom is -0.370 e. The lowest BCUT2D eigenvalue weighted by molar-refractivity contribution is -0.122. The maximum Gasteiger partial charge on any atom is 0.243 e. The van der Waals surface area contributed by atoms with Crippen molar-refractivity contribution in [3.05, 3.63) is 0 Å². The smallest absolute Gasteiger partial charge is 0.243 e. The Morgan fingerprint density at radius 3 is 2.89 bits per heavy atom. The van der Waals surface area contributed by atoms with E-state index in [1.807, 2.05) is 0 Å². The van der Waals surface area contributed by atoms with Gasteiger partial charge in [-0.25, -0.2) is 12.7 Å². The molecule has 1 amide bonds. The molecule has 0 radical (unpaired) electrons. The van der Waals surface area contributed by atoms with E-state index in [4.69, 9.17) is 10.5 Å². The van der Waals surface area contributed by atoms with E-state index in [9.17, 15) is 13.2 Å². The van der Waals surface area contributed by atoms with Gasteiger partial charge < -0.3 is 15.8 Å². The van der Waals surface area contributed by atoms with Gasteiger partial charge in [-0.2, -0.15) is 0 Å². The van der Waals surface area contributed by atoms with Gasteiger partial charge in [-0.3, -0.25) is 4.79 Å². The molecular weight excluding hydrogens is 270 g/mol. The Labute approximate surface area is 114 Å². The standard InChI is InChI=1S/C11H23N3O4S/c1-19(16,17)14-5-2-3-10(8-14)7-13-4-6-18-9-11(12)15/h10,13H,2-9H2,1H3,(H2,12,15). The van der Waals surface area contributed by atoms with Crippen LogP contribution in [0.25, 0.3) is 0 Å². The molecule has 0 aromatic heterocycles. The molecule has 1 atom stereocenters. The molecule has 112 valence electrons. The zero-order valence-electron chi connectivity index (χ0n) is 11.3. The van der Waals surface area contributed by atoms with Crippen LogP contribution < -0.4 is 11.1 Å². The first-order valence-electron chi connectivity index (χ1n) is 6.41. The van der Waals surface area contributed by atoms with Gasteiger partial charge >= 0.3 is 0 Å². The molecule has 0 spiro atoms. The minimum absolute atomic E-state index is 0.0625. The van der Waals surface area contributed by atoms with Crippen LogP contribution in [0.5, 0.6) is 0 Å². The van der Waals surface area contributed by atoms with Crippen molar-refractivity contribution in [1.29, 1.82) is 0 Å². The quantitative estimate of drug-likeness (QED) is 0.544. The van der Waals surface area contributed by atoms with Gasteiger partial charge in [0.25, 0.3) is 0 Å². The number of carbonyl (C=O) groups is 1. The summed E-state index contributed by atoms with van der Waals surface area (Å²) in [5, 5.41) is 3.20. The summed E-state index contributed by atoms with van der Waals surface area (Å²) >= 11 is 0. The fourth-order valence-corrected chi connectivity index (χ4v) is 3.06. The average Bonchev–Trinajstić information content (AvgIpc) is 2.32. The number of carbonyl (C=O) groups excluding carboxylic acids is 1. The second kappa shape index (κ2) is 7.78. The Kier molecular flexibility index (Phi) is 6.70. The number of sulfonamides is 1. The van der Waals surface area contributed by atoms with Crippen molar-refractivity contribution >= 4 is 15.9 Å². The first-order chi connectivity index (χ1) is 8.89. The number of primary amides is 1. The Balaban J connectivity index is 2.14. The van der Waals surface area contributed by atoms with Crippen molar-refractivity contribution in [1.82, 2.24) is 9.62 Å². The van der Waals surface area contributed by atoms with Gasteiger partial charge in [-0.05, 0) is 25.3 Å². The number of amides is 1. The second-order valence-electron chi connectivity index (χ2n) is 4.85. The Bertz CT molecular complexity index is 385. The molecule has 0 aromatic carbocycles. The van der Waals surface area contributed by atoms with E-state index in [0.29, 0.717) is 32.2 Å². The van der Waals surface area contributed by atoms with Crippen molar-refractivity contribution in [2.24, 2.45) is 11.7 Å². The number of rotatable bonds is 8. The summed E-state index contributed by atoms with van der Waals surface area (Å²) in [5.41, 5.74) is 4.93. The number of hydrogen-bond acceptors (Lipinski definition) is 5. The number of nitrogens with one attached hydrogen (secondary N) is 1. The lowest BCUT2D eigenvalue weighted by atomic mass is 10.00. The zero-order valence-corrected chi connectivity index (χ0v) is 12.1. The summed E-state index contributed by atoms with van der Waals surface area (Å²) in [5.74, 6) is -0.143. The molecular formula is C11H23N3O4S. The number of nitrogens with two attached hydrogens (primary N) is 1. The van der Waals surface area contributed by atoms with Gasteiger partial charge in [-0.1, -0.05) is 0 Å². The van der Waals surface area contributed by atoms with Crippen molar-refractivity contribution in [2.75, 3.05) is 45.6 Å². The normalized spacial score (nSPS) is 21.4. The van der Waals surface area contributed by atoms with Gasteiger partial charge in [0.1, 0.15) is 6.61 Å². The van der Waals surface area contributed by atoms with Crippen molar-refractivity contribution in [3.8, 4) is 0 Å². The first kappa shape index (κ1) is 16.4. The molecule has 8 heteroatoms. The topological polar surface area (TPSA) is 102 Å². The summed E-state index contributed by atoms with van der Waals surface area (Å²) in [4.78, 5) is 10.4. The van der Waals surface area contributed by atoms with E-state index in [0.717, 1.165) is 19.4 Å². The summed E-state index contributed by atoms with van der Waals surface area (Å²) in [7, 11) is -3.08. The monoisotopic (exact) mass is 293 g/mol. The summed E-state index contributed by atoms with van der Waals surface area (Å²) in [6.07, 6.45) is 3.18. The van der Waals surface area contributed by atoms with Crippen LogP contribution in [0.3, 0.4) is 0 Å². The highest BCUT2D eigenvalue weighted by atomic mass is 32.2. The van der Waals surface area contributed by atoms with Gasteiger partial charge in [0.05, 0.1) is 12.9 Å². The van der Waals surface area contributed by atoms with Crippen LogP contribution in [-0.2, 0) is 19.6 Å². The van der Waals surface area contributed by atoms with Crippen molar-refractivity contribution in [2.45, 2.75) is 12.8 Å². The molecule has 1 heterocycles. The molecule has 1 aliphatic heterocycles. The maximum atomic E-state index is 11.5. The predicted octanol–water partition coefficient (Wildman–Crippen LogP) is -1.25. The number of hydrogen-bond donors (Lipinski definition) is 2. The van der Waals surface area contributed by atoms with Crippen LogP contribution in [0, 0.1) is 5.92 Å². The summed E-state index contributed by atoms with van der Waals surface area (Å²) < 4.78 is 29.5. The molecule has 1 fully saturated rings. The molecule has 1 aliphatic rings. The SMILES string of the molecule is CS(=O)(=O)N1CCCC(CNCCOCC(N)=O)C1. The van der Waals surface area contributed by atoms with Crippen LogP contribution in [0.1, 0.15) is 12.8 Å². The molecule has 19 heavy (non-hydrogen) atoms. The van der Waals surface area contributed by atoms with Crippen LogP contribution in [0.4, 0.5) is 0 Å². The van der Waals surface area contributed by atoms with E-state index in [1.54, 1.807) is 0 Å². The van der Waals surface area contributed by atoms with Crippen LogP contribution in [0.2, 0.25) is 0 Å². The molecule has 0 bridgehead atoms. The highest BCUT2D eigenvalue weighted by molar-refractivity contribution is 7.88. The molecule has 0 aliphatic carbocycles. The second-order valence-corrected chi connectivity index (χ2v) is 6.83. The van der Waals surface area contributed by atoms with Gasteiger partial charge in [-0.15, -0.1) is 0 Å². The third-order valence-electron chi connectivity index (χ3n) is 3.05. The van der Waals surface area contributed by atoms with E-state index < -0.39 is 15.9 Å². The van der Waals surface area contributed by atoms with E-state index in [-0.39, 0.29) is 6.61 Å². The maximum absolute atomic E-state index is 11.5. The number of piperidine rings is 1. The predicted molar refractivity (Wildman–Crippen MR) is 72.0 cm³/mol. The molecule has 0 saturated carbocycles. The van der Waals surface area contributed by atoms with Gasteiger partial charge in [0, 0.05) is 19.6 Å². The molecule has 3 N–H and O–H groups in total. The highest BCUT2D eigenvalue weighted by Gasteiger charge is 2.25. The first-order valence-corrected chi connectivity index (χ1v) is 8.26. The molecule has 0 aromatic rings.